The summed E-state index contributed by atoms with van der Waals surface area (Å²) in [5.74, 6) is -0.513. The number of hydrogen-bond donors (Lipinski definition) is 1. The molecule has 2 aromatic carbocycles. The van der Waals surface area contributed by atoms with Gasteiger partial charge in [0.05, 0.1) is 55.5 Å². The summed E-state index contributed by atoms with van der Waals surface area (Å²) in [6, 6.07) is 15.5. The number of carbonyl (C=O) groups is 2. The number of nitrogens with one attached hydrogen (secondary N) is 1. The van der Waals surface area contributed by atoms with Gasteiger partial charge in [-0.3, -0.25) is 4.79 Å². The highest BCUT2D eigenvalue weighted by Crippen LogP contribution is 2.37. The van der Waals surface area contributed by atoms with E-state index < -0.39 is 23.3 Å². The van der Waals surface area contributed by atoms with Crippen molar-refractivity contribution in [2.24, 2.45) is 0 Å². The van der Waals surface area contributed by atoms with Gasteiger partial charge >= 0.3 is 6.09 Å². The number of anilines is 2. The average Bonchev–Trinajstić information content (AvgIpc) is 3.66. The molecule has 50 heavy (non-hydrogen) atoms. The highest BCUT2D eigenvalue weighted by molar-refractivity contribution is 6.04. The zero-order valence-corrected chi connectivity index (χ0v) is 29.9. The molecule has 0 fully saturated rings. The molecule has 1 N–H and O–H groups in total. The van der Waals surface area contributed by atoms with Gasteiger partial charge in [0.15, 0.2) is 5.65 Å². The number of halogens is 2. The summed E-state index contributed by atoms with van der Waals surface area (Å²) in [6.07, 6.45) is 0.960. The van der Waals surface area contributed by atoms with Crippen LogP contribution in [0.3, 0.4) is 0 Å². The van der Waals surface area contributed by atoms with E-state index in [-0.39, 0.29) is 47.3 Å². The van der Waals surface area contributed by atoms with Gasteiger partial charge in [-0.05, 0) is 69.3 Å². The number of nitrogens with zero attached hydrogens (tertiary/aromatic N) is 4. The fraction of sp³-hybridized carbons (Fsp3) is 0.316. The molecule has 6 rings (SSSR count). The third-order valence-electron chi connectivity index (χ3n) is 7.40. The monoisotopic (exact) mass is 687 g/mol. The van der Waals surface area contributed by atoms with Crippen molar-refractivity contribution >= 4 is 34.5 Å². The molecule has 10 nitrogen and oxygen atoms in total. The molecule has 0 bridgehead atoms. The number of fused-ring (bicyclic) bond motifs is 2. The average molecular weight is 688 g/mol. The van der Waals surface area contributed by atoms with Crippen molar-refractivity contribution in [3.8, 4) is 22.8 Å². The second kappa shape index (κ2) is 15.8. The molecule has 264 valence electrons. The van der Waals surface area contributed by atoms with Crippen molar-refractivity contribution in [3.05, 3.63) is 95.3 Å². The normalized spacial score (nSPS) is 12.0. The van der Waals surface area contributed by atoms with Gasteiger partial charge in [-0.25, -0.2) is 28.1 Å². The predicted octanol–water partition coefficient (Wildman–Crippen LogP) is 9.13. The van der Waals surface area contributed by atoms with Gasteiger partial charge in [0, 0.05) is 23.2 Å². The smallest absolute Gasteiger partial charge is 0.420 e. The van der Waals surface area contributed by atoms with E-state index in [1.54, 1.807) is 75.4 Å². The van der Waals surface area contributed by atoms with E-state index in [0.717, 1.165) is 17.7 Å². The highest BCUT2D eigenvalue weighted by Gasteiger charge is 2.34. The Labute approximate surface area is 291 Å². The topological polar surface area (TPSA) is 108 Å². The SMILES string of the molecule is CC.CC.COc1ccc(CN2Cc3nc(-c4c(F)cccc4F)cc(Nc4ccc5ccn(C(=O)OC(C)(C)C)c5n4)c3C2=O)c(OC)c1. The van der Waals surface area contributed by atoms with Crippen molar-refractivity contribution in [1.29, 1.82) is 0 Å². The molecule has 3 aromatic heterocycles. The standard InChI is InChI=1S/C34H31F2N5O5.2C2H6/c1-34(2,3)46-33(43)41-14-13-19-10-12-28(39-31(19)41)38-25-16-24(29-22(35)7-6-8-23(29)36)37-26-18-40(32(42)30(25)26)17-20-9-11-21(44-4)15-27(20)45-5;2*1-2/h6-16H,17-18H2,1-5H3,(H,37,38,39);2*1-2H3. The molecule has 0 saturated heterocycles. The molecule has 4 heterocycles. The van der Waals surface area contributed by atoms with Gasteiger partial charge < -0.3 is 24.4 Å². The summed E-state index contributed by atoms with van der Waals surface area (Å²) >= 11 is 0. The molecule has 1 aliphatic rings. The fourth-order valence-electron chi connectivity index (χ4n) is 5.32. The van der Waals surface area contributed by atoms with Crippen molar-refractivity contribution in [3.63, 3.8) is 0 Å². The summed E-state index contributed by atoms with van der Waals surface area (Å²) in [7, 11) is 3.08. The van der Waals surface area contributed by atoms with Crippen LogP contribution >= 0.6 is 0 Å². The number of aromatic nitrogens is 3. The number of rotatable bonds is 7. The Morgan fingerprint density at radius 3 is 2.24 bits per heavy atom. The van der Waals surface area contributed by atoms with Gasteiger partial charge in [0.25, 0.3) is 5.91 Å². The van der Waals surface area contributed by atoms with Crippen LogP contribution in [0.5, 0.6) is 11.5 Å². The maximum absolute atomic E-state index is 14.9. The first kappa shape index (κ1) is 37.3. The number of benzene rings is 2. The third-order valence-corrected chi connectivity index (χ3v) is 7.40. The molecule has 0 saturated carbocycles. The number of carbonyl (C=O) groups excluding carboxylic acids is 2. The molecule has 0 aliphatic carbocycles. The molecule has 5 aromatic rings. The van der Waals surface area contributed by atoms with Gasteiger partial charge in [-0.1, -0.05) is 33.8 Å². The van der Waals surface area contributed by atoms with Crippen LogP contribution in [0.2, 0.25) is 0 Å². The van der Waals surface area contributed by atoms with Crippen LogP contribution in [0.15, 0.2) is 66.9 Å². The van der Waals surface area contributed by atoms with E-state index in [2.05, 4.69) is 15.3 Å². The largest absolute Gasteiger partial charge is 0.497 e. The van der Waals surface area contributed by atoms with E-state index in [0.29, 0.717) is 28.2 Å². The van der Waals surface area contributed by atoms with E-state index >= 15 is 0 Å². The lowest BCUT2D eigenvalue weighted by molar-refractivity contribution is 0.0543. The van der Waals surface area contributed by atoms with Crippen LogP contribution in [0.1, 0.15) is 70.1 Å². The zero-order valence-electron chi connectivity index (χ0n) is 29.9. The van der Waals surface area contributed by atoms with Crippen LogP contribution in [-0.4, -0.2) is 51.3 Å². The van der Waals surface area contributed by atoms with Crippen LogP contribution in [0.4, 0.5) is 25.1 Å². The van der Waals surface area contributed by atoms with E-state index in [1.165, 1.54) is 23.8 Å². The second-order valence-corrected chi connectivity index (χ2v) is 11.7. The van der Waals surface area contributed by atoms with Gasteiger partial charge in [0.1, 0.15) is 34.6 Å². The Morgan fingerprint density at radius 1 is 0.900 bits per heavy atom. The first-order valence-corrected chi connectivity index (χ1v) is 16.4. The van der Waals surface area contributed by atoms with Crippen LogP contribution in [0, 0.1) is 11.6 Å². The molecule has 1 aliphatic heterocycles. The predicted molar refractivity (Wildman–Crippen MR) is 190 cm³/mol. The van der Waals surface area contributed by atoms with Crippen molar-refractivity contribution in [2.75, 3.05) is 19.5 Å². The molecule has 0 atom stereocenters. The van der Waals surface area contributed by atoms with Crippen LogP contribution in [-0.2, 0) is 17.8 Å². The molecule has 12 heteroatoms. The van der Waals surface area contributed by atoms with E-state index in [4.69, 9.17) is 14.2 Å². The molecule has 0 spiro atoms. The molecular weight excluding hydrogens is 644 g/mol. The number of amides is 1. The number of pyridine rings is 2. The first-order valence-electron chi connectivity index (χ1n) is 16.4. The van der Waals surface area contributed by atoms with Gasteiger partial charge in [-0.15, -0.1) is 0 Å². The molecule has 1 amide bonds. The van der Waals surface area contributed by atoms with Gasteiger partial charge in [-0.2, -0.15) is 0 Å². The van der Waals surface area contributed by atoms with Crippen molar-refractivity contribution in [1.82, 2.24) is 19.4 Å². The number of ether oxygens (including phenoxy) is 3. The highest BCUT2D eigenvalue weighted by atomic mass is 19.1. The van der Waals surface area contributed by atoms with Crippen molar-refractivity contribution < 1.29 is 32.6 Å². The lowest BCUT2D eigenvalue weighted by atomic mass is 10.1. The minimum atomic E-state index is -0.794. The third kappa shape index (κ3) is 7.85. The summed E-state index contributed by atoms with van der Waals surface area (Å²) in [4.78, 5) is 37.5. The summed E-state index contributed by atoms with van der Waals surface area (Å²) in [5, 5.41) is 3.83. The Balaban J connectivity index is 0.00000136. The minimum Gasteiger partial charge on any atom is -0.497 e. The summed E-state index contributed by atoms with van der Waals surface area (Å²) < 4.78 is 47.5. The molecule has 0 radical (unpaired) electrons. The van der Waals surface area contributed by atoms with E-state index in [9.17, 15) is 18.4 Å². The first-order chi connectivity index (χ1) is 24.0. The summed E-state index contributed by atoms with van der Waals surface area (Å²) in [6.45, 7) is 13.6. The quantitative estimate of drug-likeness (QED) is 0.181. The van der Waals surface area contributed by atoms with E-state index in [1.807, 2.05) is 27.7 Å². The fourth-order valence-corrected chi connectivity index (χ4v) is 5.32. The number of methoxy groups -OCH3 is 2. The maximum Gasteiger partial charge on any atom is 0.420 e. The summed E-state index contributed by atoms with van der Waals surface area (Å²) in [5.41, 5.74) is 0.834. The lowest BCUT2D eigenvalue weighted by Crippen LogP contribution is -2.26. The van der Waals surface area contributed by atoms with Crippen molar-refractivity contribution in [2.45, 2.75) is 67.2 Å². The zero-order chi connectivity index (χ0) is 36.7. The maximum atomic E-state index is 14.9. The Kier molecular flexibility index (Phi) is 11.8. The number of hydrogen-bond acceptors (Lipinski definition) is 8. The van der Waals surface area contributed by atoms with Crippen LogP contribution < -0.4 is 14.8 Å². The Hall–Kier alpha value is -5.52. The molecule has 0 unspecified atom stereocenters. The molecular formula is C38H43F2N5O5. The van der Waals surface area contributed by atoms with Gasteiger partial charge in [0.2, 0.25) is 0 Å². The lowest BCUT2D eigenvalue weighted by Gasteiger charge is -2.19. The Bertz CT molecular complexity index is 1980. The Morgan fingerprint density at radius 2 is 1.60 bits per heavy atom. The van der Waals surface area contributed by atoms with Crippen LogP contribution in [0.25, 0.3) is 22.3 Å². The second-order valence-electron chi connectivity index (χ2n) is 11.7. The minimum absolute atomic E-state index is 0.00624.